The maximum absolute atomic E-state index is 13.5. The van der Waals surface area contributed by atoms with Crippen LogP contribution in [0.1, 0.15) is 30.7 Å². The predicted molar refractivity (Wildman–Crippen MR) is 124 cm³/mol. The number of ether oxygens (including phenoxy) is 2. The van der Waals surface area contributed by atoms with E-state index < -0.39 is 18.6 Å². The maximum Gasteiger partial charge on any atom is 0.549 e. The van der Waals surface area contributed by atoms with Gasteiger partial charge < -0.3 is 14.1 Å². The molecule has 12 heteroatoms. The molecule has 2 heterocycles. The predicted octanol–water partition coefficient (Wildman–Crippen LogP) is 3.98. The third-order valence-electron chi connectivity index (χ3n) is 4.77. The topological polar surface area (TPSA) is 111 Å². The number of benzene rings is 1. The Labute approximate surface area is 195 Å². The Morgan fingerprint density at radius 2 is 1.79 bits per heavy atom. The molecule has 3 rings (SSSR count). The van der Waals surface area contributed by atoms with E-state index in [1.807, 2.05) is 13.8 Å². The molecule has 0 fully saturated rings. The third kappa shape index (κ3) is 5.38. The van der Waals surface area contributed by atoms with Crippen LogP contribution in [0.25, 0.3) is 11.0 Å². The molecule has 0 N–H and O–H groups in total. The molecule has 1 atom stereocenters. The van der Waals surface area contributed by atoms with E-state index in [4.69, 9.17) is 23.1 Å². The lowest BCUT2D eigenvalue weighted by atomic mass is 10.1. The van der Waals surface area contributed by atoms with Gasteiger partial charge in [-0.15, -0.1) is 4.73 Å². The van der Waals surface area contributed by atoms with Gasteiger partial charge in [-0.05, 0) is 39.8 Å². The lowest BCUT2D eigenvalue weighted by molar-refractivity contribution is 0.107. The van der Waals surface area contributed by atoms with Crippen LogP contribution in [-0.2, 0) is 30.2 Å². The summed E-state index contributed by atoms with van der Waals surface area (Å²) in [7, 11) is -2.60. The summed E-state index contributed by atoms with van der Waals surface area (Å²) in [5.74, 6) is 1.28. The molecule has 0 saturated heterocycles. The Balaban J connectivity index is 2.08. The van der Waals surface area contributed by atoms with Crippen molar-refractivity contribution in [3.63, 3.8) is 0 Å². The molecule has 0 radical (unpaired) electrons. The number of nitrogens with zero attached hydrogens (tertiary/aromatic N) is 3. The first kappa shape index (κ1) is 25.2. The number of pyridine rings is 1. The normalized spacial score (nSPS) is 12.7. The summed E-state index contributed by atoms with van der Waals surface area (Å²) in [5.41, 5.74) is 3.13. The van der Waals surface area contributed by atoms with Gasteiger partial charge in [0.25, 0.3) is 0 Å². The molecule has 10 nitrogen and oxygen atoms in total. The highest BCUT2D eigenvalue weighted by atomic mass is 32.2. The number of phosphoric acid groups is 1. The van der Waals surface area contributed by atoms with Gasteiger partial charge in [0.15, 0.2) is 0 Å². The quantitative estimate of drug-likeness (QED) is 0.363. The first-order valence-corrected chi connectivity index (χ1v) is 13.1. The van der Waals surface area contributed by atoms with Crippen LogP contribution in [0.2, 0.25) is 0 Å². The average molecular weight is 498 g/mol. The SMILES string of the molecule is CCOP(=O)(OCC)On1c(S(=O)Cc2ncc(C)c(OC)c2C)nc2cc(OC)ccc21. The zero-order chi connectivity index (χ0) is 24.2. The van der Waals surface area contributed by atoms with Gasteiger partial charge in [-0.2, -0.15) is 0 Å². The summed E-state index contributed by atoms with van der Waals surface area (Å²) < 4.78 is 54.6. The van der Waals surface area contributed by atoms with Crippen LogP contribution in [-0.4, -0.2) is 46.3 Å². The molecule has 1 unspecified atom stereocenters. The second-order valence-corrected chi connectivity index (χ2v) is 9.86. The van der Waals surface area contributed by atoms with Crippen molar-refractivity contribution in [1.29, 1.82) is 0 Å². The molecule has 2 aromatic heterocycles. The van der Waals surface area contributed by atoms with Gasteiger partial charge in [0.2, 0.25) is 5.16 Å². The first-order chi connectivity index (χ1) is 15.8. The lowest BCUT2D eigenvalue weighted by Gasteiger charge is -2.18. The van der Waals surface area contributed by atoms with Gasteiger partial charge in [-0.1, -0.05) is 0 Å². The van der Waals surface area contributed by atoms with E-state index in [0.717, 1.165) is 15.9 Å². The first-order valence-electron chi connectivity index (χ1n) is 10.3. The van der Waals surface area contributed by atoms with Crippen LogP contribution in [0, 0.1) is 13.8 Å². The minimum atomic E-state index is -3.99. The summed E-state index contributed by atoms with van der Waals surface area (Å²) in [4.78, 5) is 8.90. The molecular weight excluding hydrogens is 469 g/mol. The minimum Gasteiger partial charge on any atom is -0.497 e. The molecule has 0 aliphatic rings. The summed E-state index contributed by atoms with van der Waals surface area (Å²) in [6, 6.07) is 5.03. The van der Waals surface area contributed by atoms with Crippen LogP contribution >= 0.6 is 7.82 Å². The molecule has 0 aliphatic heterocycles. The number of aryl methyl sites for hydroxylation is 1. The third-order valence-corrected chi connectivity index (χ3v) is 7.48. The summed E-state index contributed by atoms with van der Waals surface area (Å²) in [6.07, 6.45) is 1.67. The molecule has 33 heavy (non-hydrogen) atoms. The van der Waals surface area contributed by atoms with Crippen molar-refractivity contribution >= 4 is 29.7 Å². The Morgan fingerprint density at radius 3 is 2.39 bits per heavy atom. The highest BCUT2D eigenvalue weighted by molar-refractivity contribution is 7.84. The number of fused-ring (bicyclic) bond motifs is 1. The van der Waals surface area contributed by atoms with Crippen molar-refractivity contribution in [2.24, 2.45) is 0 Å². The zero-order valence-corrected chi connectivity index (χ0v) is 21.2. The molecule has 0 spiro atoms. The number of rotatable bonds is 11. The van der Waals surface area contributed by atoms with E-state index in [9.17, 15) is 8.77 Å². The fraction of sp³-hybridized carbons (Fsp3) is 0.429. The number of aromatic nitrogens is 3. The highest BCUT2D eigenvalue weighted by Gasteiger charge is 2.32. The largest absolute Gasteiger partial charge is 0.549 e. The van der Waals surface area contributed by atoms with E-state index in [0.29, 0.717) is 28.2 Å². The van der Waals surface area contributed by atoms with Crippen LogP contribution < -0.4 is 14.1 Å². The van der Waals surface area contributed by atoms with Crippen molar-refractivity contribution in [3.8, 4) is 11.5 Å². The second-order valence-electron chi connectivity index (χ2n) is 6.94. The number of hydrogen-bond donors (Lipinski definition) is 0. The van der Waals surface area contributed by atoms with Gasteiger partial charge in [0, 0.05) is 23.4 Å². The zero-order valence-electron chi connectivity index (χ0n) is 19.5. The monoisotopic (exact) mass is 497 g/mol. The van der Waals surface area contributed by atoms with Crippen LogP contribution in [0.15, 0.2) is 29.6 Å². The van der Waals surface area contributed by atoms with E-state index in [1.54, 1.807) is 45.4 Å². The van der Waals surface area contributed by atoms with Crippen molar-refractivity contribution < 1.29 is 31.9 Å². The van der Waals surface area contributed by atoms with E-state index in [1.165, 1.54) is 7.11 Å². The fourth-order valence-corrected chi connectivity index (χ4v) is 5.68. The summed E-state index contributed by atoms with van der Waals surface area (Å²) in [5, 5.41) is 0.0404. The van der Waals surface area contributed by atoms with Gasteiger partial charge in [0.1, 0.15) is 17.0 Å². The van der Waals surface area contributed by atoms with Crippen molar-refractivity contribution in [3.05, 3.63) is 41.2 Å². The highest BCUT2D eigenvalue weighted by Crippen LogP contribution is 2.46. The Hall–Kier alpha value is -2.46. The van der Waals surface area contributed by atoms with Gasteiger partial charge >= 0.3 is 7.82 Å². The van der Waals surface area contributed by atoms with Crippen molar-refractivity contribution in [1.82, 2.24) is 14.7 Å². The van der Waals surface area contributed by atoms with Gasteiger partial charge in [-0.25, -0.2) is 9.55 Å². The van der Waals surface area contributed by atoms with Crippen molar-refractivity contribution in [2.45, 2.75) is 38.6 Å². The molecule has 3 aromatic rings. The molecule has 180 valence electrons. The van der Waals surface area contributed by atoms with Crippen LogP contribution in [0.3, 0.4) is 0 Å². The van der Waals surface area contributed by atoms with E-state index >= 15 is 0 Å². The Morgan fingerprint density at radius 1 is 1.09 bits per heavy atom. The Kier molecular flexibility index (Phi) is 8.12. The standard InChI is InChI=1S/C21H28N3O7PS/c1-7-29-32(25,30-8-2)31-24-19-10-9-16(27-5)11-17(19)23-21(24)33(26)13-18-15(4)20(28-6)14(3)12-22-18/h9-12H,7-8,13H2,1-6H3. The molecule has 0 bridgehead atoms. The molecular formula is C21H28N3O7PS. The van der Waals surface area contributed by atoms with E-state index in [2.05, 4.69) is 9.97 Å². The lowest BCUT2D eigenvalue weighted by Crippen LogP contribution is -2.17. The van der Waals surface area contributed by atoms with Gasteiger partial charge in [0.05, 0.1) is 55.2 Å². The van der Waals surface area contributed by atoms with Gasteiger partial charge in [-0.3, -0.25) is 18.2 Å². The number of methoxy groups -OCH3 is 2. The summed E-state index contributed by atoms with van der Waals surface area (Å²) >= 11 is 0. The molecule has 0 amide bonds. The molecule has 1 aromatic carbocycles. The minimum absolute atomic E-state index is 0.0404. The molecule has 0 aliphatic carbocycles. The number of phosphoric ester groups is 1. The van der Waals surface area contributed by atoms with Crippen molar-refractivity contribution in [2.75, 3.05) is 27.4 Å². The Bertz CT molecular complexity index is 1200. The molecule has 0 saturated carbocycles. The fourth-order valence-electron chi connectivity index (χ4n) is 3.27. The number of imidazole rings is 1. The van der Waals surface area contributed by atoms with Crippen LogP contribution in [0.5, 0.6) is 11.5 Å². The van der Waals surface area contributed by atoms with E-state index in [-0.39, 0.29) is 24.1 Å². The van der Waals surface area contributed by atoms with Crippen LogP contribution in [0.4, 0.5) is 0 Å². The number of hydrogen-bond acceptors (Lipinski definition) is 9. The smallest absolute Gasteiger partial charge is 0.497 e. The maximum atomic E-state index is 13.5. The summed E-state index contributed by atoms with van der Waals surface area (Å²) in [6.45, 7) is 7.28. The second kappa shape index (κ2) is 10.6. The average Bonchev–Trinajstić information content (AvgIpc) is 3.13.